The fraction of sp³-hybridized carbons (Fsp3) is 0.348. The van der Waals surface area contributed by atoms with Crippen molar-refractivity contribution in [3.05, 3.63) is 65.0 Å². The van der Waals surface area contributed by atoms with Gasteiger partial charge in [-0.25, -0.2) is 4.68 Å². The number of rotatable bonds is 4. The highest BCUT2D eigenvalue weighted by molar-refractivity contribution is 5.95. The van der Waals surface area contributed by atoms with Crippen molar-refractivity contribution in [2.75, 3.05) is 0 Å². The average molecular weight is 375 g/mol. The van der Waals surface area contributed by atoms with Gasteiger partial charge in [-0.15, -0.1) is 0 Å². The third kappa shape index (κ3) is 4.14. The molecule has 1 aliphatic carbocycles. The van der Waals surface area contributed by atoms with Crippen molar-refractivity contribution >= 4 is 16.7 Å². The van der Waals surface area contributed by atoms with Crippen LogP contribution in [0, 0.1) is 0 Å². The van der Waals surface area contributed by atoms with E-state index in [0.717, 1.165) is 42.0 Å². The molecule has 0 spiro atoms. The summed E-state index contributed by atoms with van der Waals surface area (Å²) >= 11 is 0. The Morgan fingerprint density at radius 1 is 0.964 bits per heavy atom. The minimum Gasteiger partial charge on any atom is -0.352 e. The molecule has 0 radical (unpaired) electrons. The molecule has 28 heavy (non-hydrogen) atoms. The van der Waals surface area contributed by atoms with Crippen LogP contribution >= 0.6 is 0 Å². The summed E-state index contributed by atoms with van der Waals surface area (Å²) in [6.07, 6.45) is 6.81. The first kappa shape index (κ1) is 18.4. The van der Waals surface area contributed by atoms with E-state index in [1.807, 2.05) is 30.3 Å². The van der Waals surface area contributed by atoms with Gasteiger partial charge in [0.05, 0.1) is 5.69 Å². The number of amides is 1. The van der Waals surface area contributed by atoms with Crippen LogP contribution in [0.3, 0.4) is 0 Å². The molecule has 1 amide bonds. The van der Waals surface area contributed by atoms with Crippen LogP contribution in [0.5, 0.6) is 0 Å². The van der Waals surface area contributed by atoms with Crippen molar-refractivity contribution in [3.63, 3.8) is 0 Å². The van der Waals surface area contributed by atoms with Gasteiger partial charge in [-0.05, 0) is 29.7 Å². The Labute approximate surface area is 164 Å². The summed E-state index contributed by atoms with van der Waals surface area (Å²) in [4.78, 5) is 24.8. The number of benzene rings is 2. The standard InChI is InChI=1S/C23H25N3O2/c27-22(24-18-10-3-1-2-4-11-18)16-26-23(28)15-14-21(25-26)20-13-7-9-17-8-5-6-12-19(17)20/h5-9,12-15,18H,1-4,10-11,16H2,(H,24,27). The molecule has 3 aromatic rings. The Kier molecular flexibility index (Phi) is 5.51. The first-order chi connectivity index (χ1) is 13.7. The maximum absolute atomic E-state index is 12.5. The Balaban J connectivity index is 1.57. The van der Waals surface area contributed by atoms with Crippen molar-refractivity contribution in [2.24, 2.45) is 0 Å². The maximum Gasteiger partial charge on any atom is 0.267 e. The Morgan fingerprint density at radius 2 is 1.71 bits per heavy atom. The first-order valence-corrected chi connectivity index (χ1v) is 10.1. The van der Waals surface area contributed by atoms with Gasteiger partial charge in [-0.3, -0.25) is 9.59 Å². The fourth-order valence-corrected chi connectivity index (χ4v) is 3.99. The van der Waals surface area contributed by atoms with Gasteiger partial charge in [0.25, 0.3) is 5.56 Å². The predicted octanol–water partition coefficient (Wildman–Crippen LogP) is 3.90. The molecule has 0 saturated heterocycles. The van der Waals surface area contributed by atoms with E-state index in [-0.39, 0.29) is 24.1 Å². The number of carbonyl (C=O) groups excluding carboxylic acids is 1. The lowest BCUT2D eigenvalue weighted by Crippen LogP contribution is -2.39. The number of nitrogens with one attached hydrogen (secondary N) is 1. The largest absolute Gasteiger partial charge is 0.352 e. The van der Waals surface area contributed by atoms with Crippen LogP contribution in [0.25, 0.3) is 22.0 Å². The van der Waals surface area contributed by atoms with Gasteiger partial charge in [0.15, 0.2) is 0 Å². The minimum atomic E-state index is -0.264. The summed E-state index contributed by atoms with van der Waals surface area (Å²) in [5.74, 6) is -0.142. The maximum atomic E-state index is 12.5. The number of nitrogens with zero attached hydrogens (tertiary/aromatic N) is 2. The molecule has 5 nitrogen and oxygen atoms in total. The molecule has 144 valence electrons. The third-order valence-electron chi connectivity index (χ3n) is 5.45. The molecule has 1 aliphatic rings. The normalized spacial score (nSPS) is 15.3. The van der Waals surface area contributed by atoms with E-state index >= 15 is 0 Å². The fourth-order valence-electron chi connectivity index (χ4n) is 3.99. The molecule has 4 rings (SSSR count). The molecule has 2 aromatic carbocycles. The Bertz CT molecular complexity index is 1030. The monoisotopic (exact) mass is 375 g/mol. The molecule has 1 aromatic heterocycles. The molecule has 5 heteroatoms. The third-order valence-corrected chi connectivity index (χ3v) is 5.45. The molecule has 0 atom stereocenters. The zero-order valence-corrected chi connectivity index (χ0v) is 15.9. The van der Waals surface area contributed by atoms with Gasteiger partial charge in [0.2, 0.25) is 5.91 Å². The smallest absolute Gasteiger partial charge is 0.267 e. The van der Waals surface area contributed by atoms with Crippen LogP contribution in [0.15, 0.2) is 59.4 Å². The predicted molar refractivity (Wildman–Crippen MR) is 111 cm³/mol. The lowest BCUT2D eigenvalue weighted by molar-refractivity contribution is -0.122. The van der Waals surface area contributed by atoms with Gasteiger partial charge in [0, 0.05) is 17.7 Å². The van der Waals surface area contributed by atoms with Crippen LogP contribution < -0.4 is 10.9 Å². The second kappa shape index (κ2) is 8.38. The van der Waals surface area contributed by atoms with Crippen molar-refractivity contribution in [2.45, 2.75) is 51.1 Å². The number of hydrogen-bond acceptors (Lipinski definition) is 3. The van der Waals surface area contributed by atoms with Gasteiger partial charge < -0.3 is 5.32 Å². The van der Waals surface area contributed by atoms with Crippen molar-refractivity contribution in [1.29, 1.82) is 0 Å². The van der Waals surface area contributed by atoms with Gasteiger partial charge >= 0.3 is 0 Å². The van der Waals surface area contributed by atoms with Crippen LogP contribution in [-0.4, -0.2) is 21.7 Å². The highest BCUT2D eigenvalue weighted by Gasteiger charge is 2.16. The molecule has 0 aliphatic heterocycles. The molecular formula is C23H25N3O2. The molecule has 1 saturated carbocycles. The molecule has 1 fully saturated rings. The second-order valence-electron chi connectivity index (χ2n) is 7.50. The lowest BCUT2D eigenvalue weighted by atomic mass is 10.0. The minimum absolute atomic E-state index is 0.0477. The highest BCUT2D eigenvalue weighted by Crippen LogP contribution is 2.26. The Hall–Kier alpha value is -2.95. The zero-order valence-electron chi connectivity index (χ0n) is 15.9. The van der Waals surface area contributed by atoms with E-state index in [9.17, 15) is 9.59 Å². The van der Waals surface area contributed by atoms with E-state index in [1.165, 1.54) is 23.6 Å². The van der Waals surface area contributed by atoms with Gasteiger partial charge in [0.1, 0.15) is 6.54 Å². The first-order valence-electron chi connectivity index (χ1n) is 10.1. The summed E-state index contributed by atoms with van der Waals surface area (Å²) in [5.41, 5.74) is 1.38. The molecule has 0 bridgehead atoms. The van der Waals surface area contributed by atoms with E-state index < -0.39 is 0 Å². The average Bonchev–Trinajstić information content (AvgIpc) is 2.98. The van der Waals surface area contributed by atoms with Crippen LogP contribution in [0.4, 0.5) is 0 Å². The van der Waals surface area contributed by atoms with Crippen LogP contribution in [0.2, 0.25) is 0 Å². The van der Waals surface area contributed by atoms with Crippen LogP contribution in [0.1, 0.15) is 38.5 Å². The van der Waals surface area contributed by atoms with E-state index in [1.54, 1.807) is 6.07 Å². The van der Waals surface area contributed by atoms with E-state index in [4.69, 9.17) is 0 Å². The summed E-state index contributed by atoms with van der Waals surface area (Å²) in [6, 6.07) is 17.5. The zero-order chi connectivity index (χ0) is 19.3. The topological polar surface area (TPSA) is 64.0 Å². The number of hydrogen-bond donors (Lipinski definition) is 1. The summed E-state index contributed by atoms with van der Waals surface area (Å²) in [6.45, 7) is -0.0477. The van der Waals surface area contributed by atoms with Crippen molar-refractivity contribution in [3.8, 4) is 11.3 Å². The van der Waals surface area contributed by atoms with E-state index in [2.05, 4.69) is 22.5 Å². The second-order valence-corrected chi connectivity index (χ2v) is 7.50. The quantitative estimate of drug-likeness (QED) is 0.704. The lowest BCUT2D eigenvalue weighted by Gasteiger charge is -2.16. The molecule has 0 unspecified atom stereocenters. The van der Waals surface area contributed by atoms with Crippen LogP contribution in [-0.2, 0) is 11.3 Å². The summed E-state index contributed by atoms with van der Waals surface area (Å²) in [7, 11) is 0. The molecule has 1 heterocycles. The van der Waals surface area contributed by atoms with Gasteiger partial charge in [-0.1, -0.05) is 68.1 Å². The molecule has 1 N–H and O–H groups in total. The Morgan fingerprint density at radius 3 is 2.54 bits per heavy atom. The SMILES string of the molecule is O=C(Cn1nc(-c2cccc3ccccc23)ccc1=O)NC1CCCCCC1. The van der Waals surface area contributed by atoms with E-state index in [0.29, 0.717) is 5.69 Å². The number of aromatic nitrogens is 2. The van der Waals surface area contributed by atoms with Crippen molar-refractivity contribution in [1.82, 2.24) is 15.1 Å². The van der Waals surface area contributed by atoms with Crippen molar-refractivity contribution < 1.29 is 4.79 Å². The number of fused-ring (bicyclic) bond motifs is 1. The number of carbonyl (C=O) groups is 1. The molecular weight excluding hydrogens is 350 g/mol. The summed E-state index contributed by atoms with van der Waals surface area (Å²) in [5, 5.41) is 9.76. The van der Waals surface area contributed by atoms with Gasteiger partial charge in [-0.2, -0.15) is 5.10 Å². The highest BCUT2D eigenvalue weighted by atomic mass is 16.2. The summed E-state index contributed by atoms with van der Waals surface area (Å²) < 4.78 is 1.27.